The molecule has 1 unspecified atom stereocenters. The fraction of sp³-hybridized carbons (Fsp3) is 0.364. The largest absolute Gasteiger partial charge is 0.380 e. The second-order valence-corrected chi connectivity index (χ2v) is 4.63. The number of aryl methyl sites for hydroxylation is 1. The van der Waals surface area contributed by atoms with Crippen molar-refractivity contribution in [2.24, 2.45) is 0 Å². The van der Waals surface area contributed by atoms with Gasteiger partial charge in [-0.1, -0.05) is 11.6 Å². The Morgan fingerprint density at radius 2 is 2.28 bits per heavy atom. The quantitative estimate of drug-likeness (QED) is 0.648. The molecule has 0 spiro atoms. The standard InChI is InChI=1S/C11H12ClN3O3/c1-6-2-10(15(17)18)8(12)4-9(6)14-7-3-11(16)13-5-7/h2,4,7,14H,3,5H2,1H3,(H,13,16). The van der Waals surface area contributed by atoms with Gasteiger partial charge in [0.2, 0.25) is 5.91 Å². The molecule has 1 saturated heterocycles. The van der Waals surface area contributed by atoms with Crippen LogP contribution >= 0.6 is 11.6 Å². The zero-order valence-electron chi connectivity index (χ0n) is 9.70. The molecule has 0 bridgehead atoms. The highest BCUT2D eigenvalue weighted by atomic mass is 35.5. The number of rotatable bonds is 3. The maximum atomic E-state index is 11.1. The lowest BCUT2D eigenvalue weighted by Crippen LogP contribution is -2.22. The predicted octanol–water partition coefficient (Wildman–Crippen LogP) is 1.86. The Bertz CT molecular complexity index is 519. The Kier molecular flexibility index (Phi) is 3.38. The molecule has 6 nitrogen and oxygen atoms in total. The molecule has 2 rings (SSSR count). The Balaban J connectivity index is 2.21. The van der Waals surface area contributed by atoms with E-state index in [0.29, 0.717) is 18.7 Å². The van der Waals surface area contributed by atoms with E-state index in [9.17, 15) is 14.9 Å². The van der Waals surface area contributed by atoms with Crippen LogP contribution in [0.4, 0.5) is 11.4 Å². The van der Waals surface area contributed by atoms with Crippen molar-refractivity contribution in [1.82, 2.24) is 5.32 Å². The number of nitrogens with zero attached hydrogens (tertiary/aromatic N) is 1. The van der Waals surface area contributed by atoms with Crippen LogP contribution in [-0.2, 0) is 4.79 Å². The number of benzene rings is 1. The molecule has 0 saturated carbocycles. The molecule has 1 aromatic rings. The summed E-state index contributed by atoms with van der Waals surface area (Å²) in [7, 11) is 0. The molecule has 0 radical (unpaired) electrons. The summed E-state index contributed by atoms with van der Waals surface area (Å²) in [5.74, 6) is -0.00170. The van der Waals surface area contributed by atoms with Crippen LogP contribution in [-0.4, -0.2) is 23.4 Å². The van der Waals surface area contributed by atoms with Crippen molar-refractivity contribution in [3.63, 3.8) is 0 Å². The molecule has 0 aromatic heterocycles. The Morgan fingerprint density at radius 3 is 2.83 bits per heavy atom. The third-order valence-corrected chi connectivity index (χ3v) is 3.13. The topological polar surface area (TPSA) is 84.3 Å². The molecular formula is C11H12ClN3O3. The van der Waals surface area contributed by atoms with E-state index in [-0.39, 0.29) is 22.7 Å². The van der Waals surface area contributed by atoms with Gasteiger partial charge in [-0.25, -0.2) is 0 Å². The number of halogens is 1. The highest BCUT2D eigenvalue weighted by molar-refractivity contribution is 6.33. The van der Waals surface area contributed by atoms with Crippen LogP contribution in [0.3, 0.4) is 0 Å². The lowest BCUT2D eigenvalue weighted by atomic mass is 10.1. The molecule has 0 aliphatic carbocycles. The summed E-state index contributed by atoms with van der Waals surface area (Å²) < 4.78 is 0. The predicted molar refractivity (Wildman–Crippen MR) is 67.9 cm³/mol. The van der Waals surface area contributed by atoms with E-state index in [1.54, 1.807) is 6.92 Å². The SMILES string of the molecule is Cc1cc([N+](=O)[O-])c(Cl)cc1NC1CNC(=O)C1. The first-order chi connectivity index (χ1) is 8.47. The molecule has 2 N–H and O–H groups in total. The Morgan fingerprint density at radius 1 is 1.56 bits per heavy atom. The molecular weight excluding hydrogens is 258 g/mol. The van der Waals surface area contributed by atoms with Gasteiger partial charge in [0.25, 0.3) is 5.69 Å². The number of nitro groups is 1. The molecule has 1 aliphatic heterocycles. The molecule has 1 aromatic carbocycles. The maximum absolute atomic E-state index is 11.1. The minimum absolute atomic E-state index is 0.00170. The Labute approximate surface area is 108 Å². The second kappa shape index (κ2) is 4.81. The first-order valence-corrected chi connectivity index (χ1v) is 5.83. The van der Waals surface area contributed by atoms with Gasteiger partial charge in [-0.05, 0) is 18.6 Å². The number of amides is 1. The third kappa shape index (κ3) is 2.53. The van der Waals surface area contributed by atoms with Gasteiger partial charge >= 0.3 is 0 Å². The van der Waals surface area contributed by atoms with E-state index in [0.717, 1.165) is 5.56 Å². The average Bonchev–Trinajstić information content (AvgIpc) is 2.68. The lowest BCUT2D eigenvalue weighted by Gasteiger charge is -2.14. The number of carbonyl (C=O) groups is 1. The van der Waals surface area contributed by atoms with Crippen LogP contribution in [0.15, 0.2) is 12.1 Å². The third-order valence-electron chi connectivity index (χ3n) is 2.83. The van der Waals surface area contributed by atoms with Gasteiger partial charge in [0.05, 0.1) is 11.0 Å². The average molecular weight is 270 g/mol. The minimum atomic E-state index is -0.514. The number of nitro benzene ring substituents is 1. The van der Waals surface area contributed by atoms with Gasteiger partial charge in [-0.2, -0.15) is 0 Å². The van der Waals surface area contributed by atoms with E-state index in [2.05, 4.69) is 10.6 Å². The summed E-state index contributed by atoms with van der Waals surface area (Å²) in [6, 6.07) is 2.95. The smallest absolute Gasteiger partial charge is 0.288 e. The molecule has 1 aliphatic rings. The highest BCUT2D eigenvalue weighted by Crippen LogP contribution is 2.31. The van der Waals surface area contributed by atoms with Crippen molar-refractivity contribution in [3.05, 3.63) is 32.8 Å². The maximum Gasteiger partial charge on any atom is 0.288 e. The number of hydrogen-bond donors (Lipinski definition) is 2. The van der Waals surface area contributed by atoms with Crippen LogP contribution in [0.25, 0.3) is 0 Å². The van der Waals surface area contributed by atoms with E-state index in [1.165, 1.54) is 12.1 Å². The minimum Gasteiger partial charge on any atom is -0.380 e. The first kappa shape index (κ1) is 12.6. The zero-order valence-corrected chi connectivity index (χ0v) is 10.5. The monoisotopic (exact) mass is 269 g/mol. The normalized spacial score (nSPS) is 18.6. The van der Waals surface area contributed by atoms with Gasteiger partial charge in [0.15, 0.2) is 0 Å². The molecule has 18 heavy (non-hydrogen) atoms. The molecule has 1 fully saturated rings. The fourth-order valence-corrected chi connectivity index (χ4v) is 2.12. The number of nitrogens with one attached hydrogen (secondary N) is 2. The van der Waals surface area contributed by atoms with Gasteiger partial charge < -0.3 is 10.6 Å². The van der Waals surface area contributed by atoms with Crippen LogP contribution in [0.1, 0.15) is 12.0 Å². The summed E-state index contributed by atoms with van der Waals surface area (Å²) in [5, 5.41) is 16.7. The lowest BCUT2D eigenvalue weighted by molar-refractivity contribution is -0.384. The number of hydrogen-bond acceptors (Lipinski definition) is 4. The molecule has 7 heteroatoms. The first-order valence-electron chi connectivity index (χ1n) is 5.45. The summed E-state index contributed by atoms with van der Waals surface area (Å²) in [6.07, 6.45) is 0.397. The number of anilines is 1. The van der Waals surface area contributed by atoms with Crippen molar-refractivity contribution in [3.8, 4) is 0 Å². The highest BCUT2D eigenvalue weighted by Gasteiger charge is 2.22. The van der Waals surface area contributed by atoms with Gasteiger partial charge in [0.1, 0.15) is 5.02 Å². The molecule has 1 heterocycles. The summed E-state index contributed by atoms with van der Waals surface area (Å²) in [5.41, 5.74) is 1.33. The van der Waals surface area contributed by atoms with Gasteiger partial charge in [-0.15, -0.1) is 0 Å². The van der Waals surface area contributed by atoms with Crippen LogP contribution in [0.5, 0.6) is 0 Å². The summed E-state index contributed by atoms with van der Waals surface area (Å²) in [6.45, 7) is 2.31. The van der Waals surface area contributed by atoms with E-state index in [1.807, 2.05) is 0 Å². The van der Waals surface area contributed by atoms with Crippen molar-refractivity contribution in [2.45, 2.75) is 19.4 Å². The van der Waals surface area contributed by atoms with Crippen molar-refractivity contribution in [1.29, 1.82) is 0 Å². The van der Waals surface area contributed by atoms with Crippen molar-refractivity contribution >= 4 is 28.9 Å². The Hall–Kier alpha value is -1.82. The molecule has 1 amide bonds. The van der Waals surface area contributed by atoms with Crippen LogP contribution in [0, 0.1) is 17.0 Å². The summed E-state index contributed by atoms with van der Waals surface area (Å²) >= 11 is 5.85. The van der Waals surface area contributed by atoms with E-state index < -0.39 is 4.92 Å². The zero-order chi connectivity index (χ0) is 13.3. The molecule has 96 valence electrons. The van der Waals surface area contributed by atoms with Crippen LogP contribution < -0.4 is 10.6 Å². The number of carbonyl (C=O) groups excluding carboxylic acids is 1. The van der Waals surface area contributed by atoms with E-state index in [4.69, 9.17) is 11.6 Å². The summed E-state index contributed by atoms with van der Waals surface area (Å²) in [4.78, 5) is 21.3. The second-order valence-electron chi connectivity index (χ2n) is 4.23. The van der Waals surface area contributed by atoms with E-state index >= 15 is 0 Å². The van der Waals surface area contributed by atoms with Gasteiger partial charge in [-0.3, -0.25) is 14.9 Å². The van der Waals surface area contributed by atoms with Crippen LogP contribution in [0.2, 0.25) is 5.02 Å². The van der Waals surface area contributed by atoms with Crippen molar-refractivity contribution < 1.29 is 9.72 Å². The molecule has 1 atom stereocenters. The van der Waals surface area contributed by atoms with Crippen molar-refractivity contribution in [2.75, 3.05) is 11.9 Å². The van der Waals surface area contributed by atoms with Gasteiger partial charge in [0, 0.05) is 24.7 Å². The fourth-order valence-electron chi connectivity index (χ4n) is 1.89.